The first-order valence-corrected chi connectivity index (χ1v) is 3.68. The van der Waals surface area contributed by atoms with E-state index in [4.69, 9.17) is 5.26 Å². The zero-order valence-electron chi connectivity index (χ0n) is 7.26. The molecule has 0 atom stereocenters. The van der Waals surface area contributed by atoms with Gasteiger partial charge in [-0.3, -0.25) is 10.1 Å². The van der Waals surface area contributed by atoms with Gasteiger partial charge in [0.05, 0.1) is 0 Å². The van der Waals surface area contributed by atoms with E-state index in [0.717, 1.165) is 6.29 Å². The molecule has 0 aromatic rings. The number of nitrogens with zero attached hydrogens (tertiary/aromatic N) is 1. The van der Waals surface area contributed by atoms with Gasteiger partial charge in [-0.2, -0.15) is 5.26 Å². The molecule has 12 heavy (non-hydrogen) atoms. The van der Waals surface area contributed by atoms with Crippen molar-refractivity contribution >= 4 is 12.2 Å². The fourth-order valence-electron chi connectivity index (χ4n) is 0.753. The third kappa shape index (κ3) is 3.15. The summed E-state index contributed by atoms with van der Waals surface area (Å²) in [5.74, 6) is -0.341. The average molecular weight is 168 g/mol. The Morgan fingerprint density at radius 3 is 2.67 bits per heavy atom. The Balaban J connectivity index is 4.10. The van der Waals surface area contributed by atoms with Gasteiger partial charge in [0.2, 0.25) is 5.91 Å². The fourth-order valence-corrected chi connectivity index (χ4v) is 0.753. The van der Waals surface area contributed by atoms with Gasteiger partial charge in [0.15, 0.2) is 6.19 Å². The van der Waals surface area contributed by atoms with Crippen LogP contribution in [-0.4, -0.2) is 12.2 Å². The first-order chi connectivity index (χ1) is 5.54. The molecule has 0 fully saturated rings. The second kappa shape index (κ2) is 4.50. The van der Waals surface area contributed by atoms with Gasteiger partial charge in [-0.05, 0) is 6.42 Å². The Morgan fingerprint density at radius 2 is 2.25 bits per heavy atom. The fraction of sp³-hybridized carbons (Fsp3) is 0.625. The number of nitriles is 1. The summed E-state index contributed by atoms with van der Waals surface area (Å²) in [5.41, 5.74) is -0.642. The predicted molar refractivity (Wildman–Crippen MR) is 42.8 cm³/mol. The zero-order valence-corrected chi connectivity index (χ0v) is 7.26. The monoisotopic (exact) mass is 168 g/mol. The summed E-state index contributed by atoms with van der Waals surface area (Å²) in [7, 11) is 0. The Bertz CT molecular complexity index is 216. The largest absolute Gasteiger partial charge is 0.303 e. The molecule has 0 bridgehead atoms. The summed E-state index contributed by atoms with van der Waals surface area (Å²) in [6, 6.07) is 0. The average Bonchev–Trinajstić information content (AvgIpc) is 2.01. The van der Waals surface area contributed by atoms with E-state index in [1.54, 1.807) is 20.0 Å². The molecule has 0 aromatic heterocycles. The lowest BCUT2D eigenvalue weighted by atomic mass is 9.87. The highest BCUT2D eigenvalue weighted by Gasteiger charge is 2.26. The summed E-state index contributed by atoms with van der Waals surface area (Å²) in [6.45, 7) is 3.40. The quantitative estimate of drug-likeness (QED) is 0.379. The van der Waals surface area contributed by atoms with Crippen LogP contribution in [0, 0.1) is 16.9 Å². The van der Waals surface area contributed by atoms with Crippen LogP contribution in [0.2, 0.25) is 0 Å². The van der Waals surface area contributed by atoms with Crippen LogP contribution in [0.5, 0.6) is 0 Å². The number of hydrogen-bond donors (Lipinski definition) is 1. The molecular formula is C8H12N2O2. The molecule has 0 saturated carbocycles. The first-order valence-electron chi connectivity index (χ1n) is 3.68. The van der Waals surface area contributed by atoms with Crippen molar-refractivity contribution in [3.63, 3.8) is 0 Å². The van der Waals surface area contributed by atoms with Gasteiger partial charge in [0.25, 0.3) is 0 Å². The summed E-state index contributed by atoms with van der Waals surface area (Å²) in [4.78, 5) is 21.2. The van der Waals surface area contributed by atoms with Crippen LogP contribution in [-0.2, 0) is 9.59 Å². The van der Waals surface area contributed by atoms with Crippen LogP contribution in [0.25, 0.3) is 0 Å². The van der Waals surface area contributed by atoms with Crippen molar-refractivity contribution in [2.75, 3.05) is 0 Å². The van der Waals surface area contributed by atoms with E-state index >= 15 is 0 Å². The molecule has 66 valence electrons. The molecule has 1 N–H and O–H groups in total. The third-order valence-electron chi connectivity index (χ3n) is 1.67. The van der Waals surface area contributed by atoms with E-state index in [2.05, 4.69) is 0 Å². The van der Waals surface area contributed by atoms with Gasteiger partial charge in [-0.15, -0.1) is 0 Å². The number of hydrogen-bond acceptors (Lipinski definition) is 3. The minimum absolute atomic E-state index is 0.339. The molecule has 0 aromatic carbocycles. The molecule has 0 aliphatic rings. The topological polar surface area (TPSA) is 70.0 Å². The lowest BCUT2D eigenvalue weighted by Gasteiger charge is -2.19. The molecule has 4 nitrogen and oxygen atoms in total. The number of aldehydes is 1. The lowest BCUT2D eigenvalue weighted by molar-refractivity contribution is -0.128. The molecular weight excluding hydrogens is 156 g/mol. The lowest BCUT2D eigenvalue weighted by Crippen LogP contribution is -2.34. The van der Waals surface area contributed by atoms with Crippen molar-refractivity contribution in [2.45, 2.75) is 26.7 Å². The third-order valence-corrected chi connectivity index (χ3v) is 1.67. The molecule has 0 aliphatic carbocycles. The van der Waals surface area contributed by atoms with Gasteiger partial charge >= 0.3 is 0 Å². The van der Waals surface area contributed by atoms with E-state index in [-0.39, 0.29) is 5.91 Å². The van der Waals surface area contributed by atoms with Crippen LogP contribution < -0.4 is 5.32 Å². The van der Waals surface area contributed by atoms with Gasteiger partial charge < -0.3 is 4.79 Å². The number of amides is 1. The molecule has 0 spiro atoms. The maximum absolute atomic E-state index is 11.1. The van der Waals surface area contributed by atoms with Gasteiger partial charge in [-0.25, -0.2) is 0 Å². The number of rotatable bonds is 4. The molecule has 0 unspecified atom stereocenters. The summed E-state index contributed by atoms with van der Waals surface area (Å²) in [5, 5.41) is 10.2. The number of carbonyl (C=O) groups excluding carboxylic acids is 2. The highest BCUT2D eigenvalue weighted by molar-refractivity contribution is 5.83. The molecule has 0 rings (SSSR count). The van der Waals surface area contributed by atoms with Gasteiger partial charge in [-0.1, -0.05) is 13.8 Å². The van der Waals surface area contributed by atoms with Crippen molar-refractivity contribution in [2.24, 2.45) is 5.41 Å². The molecule has 0 saturated heterocycles. The molecule has 4 heteroatoms. The number of nitrogens with one attached hydrogen (secondary N) is 1. The molecule has 0 heterocycles. The summed E-state index contributed by atoms with van der Waals surface area (Å²) >= 11 is 0. The second-order valence-corrected chi connectivity index (χ2v) is 3.16. The van der Waals surface area contributed by atoms with Crippen molar-refractivity contribution in [3.8, 4) is 6.19 Å². The zero-order chi connectivity index (χ0) is 9.61. The van der Waals surface area contributed by atoms with E-state index in [9.17, 15) is 9.59 Å². The van der Waals surface area contributed by atoms with Gasteiger partial charge in [0.1, 0.15) is 6.29 Å². The van der Waals surface area contributed by atoms with Crippen molar-refractivity contribution in [1.29, 1.82) is 5.26 Å². The summed E-state index contributed by atoms with van der Waals surface area (Å²) < 4.78 is 0. The van der Waals surface area contributed by atoms with E-state index in [1.165, 1.54) is 0 Å². The second-order valence-electron chi connectivity index (χ2n) is 3.16. The maximum atomic E-state index is 11.1. The normalized spacial score (nSPS) is 10.1. The Morgan fingerprint density at radius 1 is 1.67 bits per heavy atom. The highest BCUT2D eigenvalue weighted by atomic mass is 16.2. The van der Waals surface area contributed by atoms with E-state index in [0.29, 0.717) is 12.8 Å². The van der Waals surface area contributed by atoms with Crippen LogP contribution in [0.15, 0.2) is 0 Å². The van der Waals surface area contributed by atoms with Crippen LogP contribution in [0.1, 0.15) is 26.7 Å². The Kier molecular flexibility index (Phi) is 3.98. The Hall–Kier alpha value is -1.37. The minimum atomic E-state index is -0.642. The molecule has 0 radical (unpaired) electrons. The van der Waals surface area contributed by atoms with E-state index < -0.39 is 5.41 Å². The first kappa shape index (κ1) is 10.6. The van der Waals surface area contributed by atoms with Crippen molar-refractivity contribution in [1.82, 2.24) is 5.32 Å². The summed E-state index contributed by atoms with van der Waals surface area (Å²) in [6.07, 6.45) is 3.13. The van der Waals surface area contributed by atoms with E-state index in [1.807, 2.05) is 5.32 Å². The Labute approximate surface area is 71.6 Å². The van der Waals surface area contributed by atoms with Crippen molar-refractivity contribution in [3.05, 3.63) is 0 Å². The predicted octanol–water partition coefficient (Wildman–Crippen LogP) is 0.589. The SMILES string of the molecule is CC(C)(CCC=O)C(=O)NC#N. The number of carbonyl (C=O) groups is 2. The standard InChI is InChI=1S/C8H12N2O2/c1-8(2,4-3-5-11)7(12)10-6-9/h5H,3-4H2,1-2H3,(H,10,12). The van der Waals surface area contributed by atoms with Crippen LogP contribution in [0.3, 0.4) is 0 Å². The molecule has 0 aliphatic heterocycles. The van der Waals surface area contributed by atoms with Crippen LogP contribution >= 0.6 is 0 Å². The maximum Gasteiger partial charge on any atom is 0.238 e. The van der Waals surface area contributed by atoms with Crippen LogP contribution in [0.4, 0.5) is 0 Å². The molecule has 1 amide bonds. The smallest absolute Gasteiger partial charge is 0.238 e. The minimum Gasteiger partial charge on any atom is -0.303 e. The van der Waals surface area contributed by atoms with Crippen molar-refractivity contribution < 1.29 is 9.59 Å². The highest BCUT2D eigenvalue weighted by Crippen LogP contribution is 2.21. The van der Waals surface area contributed by atoms with Gasteiger partial charge in [0, 0.05) is 11.8 Å².